The van der Waals surface area contributed by atoms with Gasteiger partial charge in [0.25, 0.3) is 5.91 Å². The van der Waals surface area contributed by atoms with E-state index in [0.717, 1.165) is 33.2 Å². The molecule has 3 amide bonds. The van der Waals surface area contributed by atoms with Crippen molar-refractivity contribution in [3.05, 3.63) is 113 Å². The van der Waals surface area contributed by atoms with Gasteiger partial charge in [-0.3, -0.25) is 19.3 Å². The molecule has 186 valence electrons. The molecule has 0 fully saturated rings. The molecular weight excluding hydrogens is 462 g/mol. The average molecular weight is 492 g/mol. The van der Waals surface area contributed by atoms with E-state index in [9.17, 15) is 14.4 Å². The van der Waals surface area contributed by atoms with E-state index in [2.05, 4.69) is 5.32 Å². The highest BCUT2D eigenvalue weighted by Crippen LogP contribution is 2.37. The van der Waals surface area contributed by atoms with E-state index in [0.29, 0.717) is 12.0 Å². The van der Waals surface area contributed by atoms with E-state index in [1.165, 1.54) is 4.90 Å². The largest absolute Gasteiger partial charge is 0.357 e. The Labute approximate surface area is 216 Å². The highest BCUT2D eigenvalue weighted by Gasteiger charge is 2.35. The maximum absolute atomic E-state index is 14.0. The fourth-order valence-electron chi connectivity index (χ4n) is 5.09. The third-order valence-corrected chi connectivity index (χ3v) is 6.90. The van der Waals surface area contributed by atoms with Gasteiger partial charge in [-0.2, -0.15) is 0 Å². The van der Waals surface area contributed by atoms with Crippen LogP contribution in [0.5, 0.6) is 0 Å². The van der Waals surface area contributed by atoms with E-state index in [1.807, 2.05) is 91.9 Å². The SMILES string of the molecule is CNC(=O)C(Cc1ccccc1)N(Cc1cccc(C)c1)C(=O)CN1C(=O)c2cccc3cccc1c23. The second-order valence-corrected chi connectivity index (χ2v) is 9.40. The zero-order chi connectivity index (χ0) is 25.9. The first-order valence-electron chi connectivity index (χ1n) is 12.4. The molecule has 1 atom stereocenters. The van der Waals surface area contributed by atoms with Crippen molar-refractivity contribution in [2.24, 2.45) is 0 Å². The van der Waals surface area contributed by atoms with Crippen LogP contribution in [0, 0.1) is 6.92 Å². The topological polar surface area (TPSA) is 69.7 Å². The van der Waals surface area contributed by atoms with Crippen LogP contribution in [-0.2, 0) is 22.6 Å². The van der Waals surface area contributed by atoms with Crippen LogP contribution in [0.3, 0.4) is 0 Å². The van der Waals surface area contributed by atoms with Crippen molar-refractivity contribution in [1.29, 1.82) is 0 Å². The third kappa shape index (κ3) is 4.83. The number of hydrogen-bond donors (Lipinski definition) is 1. The van der Waals surface area contributed by atoms with Gasteiger partial charge in [0.1, 0.15) is 12.6 Å². The summed E-state index contributed by atoms with van der Waals surface area (Å²) in [6, 6.07) is 28.2. The third-order valence-electron chi connectivity index (χ3n) is 6.90. The standard InChI is InChI=1S/C31H29N3O3/c1-21-9-6-12-23(17-21)19-33(27(30(36)32-2)18-22-10-4-3-5-11-22)28(35)20-34-26-16-8-14-24-13-7-15-25(29(24)26)31(34)37/h3-17,27H,18-20H2,1-2H3,(H,32,36). The number of nitrogens with one attached hydrogen (secondary N) is 1. The van der Waals surface area contributed by atoms with Crippen LogP contribution in [0.25, 0.3) is 10.8 Å². The second-order valence-electron chi connectivity index (χ2n) is 9.40. The summed E-state index contributed by atoms with van der Waals surface area (Å²) < 4.78 is 0. The first kappa shape index (κ1) is 24.3. The Morgan fingerprint density at radius 1 is 0.892 bits per heavy atom. The Morgan fingerprint density at radius 2 is 1.59 bits per heavy atom. The average Bonchev–Trinajstić information content (AvgIpc) is 3.18. The summed E-state index contributed by atoms with van der Waals surface area (Å²) in [5, 5.41) is 4.56. The van der Waals surface area contributed by atoms with Crippen molar-refractivity contribution in [1.82, 2.24) is 10.2 Å². The van der Waals surface area contributed by atoms with Gasteiger partial charge in [0.15, 0.2) is 0 Å². The number of carbonyl (C=O) groups is 3. The number of carbonyl (C=O) groups excluding carboxylic acids is 3. The molecule has 1 aliphatic heterocycles. The summed E-state index contributed by atoms with van der Waals surface area (Å²) in [6.45, 7) is 2.10. The lowest BCUT2D eigenvalue weighted by atomic mass is 10.0. The smallest absolute Gasteiger partial charge is 0.259 e. The number of likely N-dealkylation sites (N-methyl/N-ethyl adjacent to an activating group) is 1. The zero-order valence-electron chi connectivity index (χ0n) is 21.0. The van der Waals surface area contributed by atoms with Crippen molar-refractivity contribution >= 4 is 34.2 Å². The fraction of sp³-hybridized carbons (Fsp3) is 0.194. The number of anilines is 1. The Bertz CT molecular complexity index is 1480. The Morgan fingerprint density at radius 3 is 2.32 bits per heavy atom. The van der Waals surface area contributed by atoms with Crippen LogP contribution in [0.1, 0.15) is 27.0 Å². The molecule has 1 aliphatic rings. The minimum Gasteiger partial charge on any atom is -0.357 e. The Hall–Kier alpha value is -4.45. The van der Waals surface area contributed by atoms with Crippen molar-refractivity contribution in [3.8, 4) is 0 Å². The predicted molar refractivity (Wildman–Crippen MR) is 145 cm³/mol. The maximum Gasteiger partial charge on any atom is 0.259 e. The highest BCUT2D eigenvalue weighted by molar-refractivity contribution is 6.26. The molecule has 1 unspecified atom stereocenters. The highest BCUT2D eigenvalue weighted by atomic mass is 16.2. The molecule has 4 aromatic carbocycles. The second kappa shape index (κ2) is 10.3. The van der Waals surface area contributed by atoms with E-state index >= 15 is 0 Å². The van der Waals surface area contributed by atoms with Gasteiger partial charge in [0, 0.05) is 31.0 Å². The van der Waals surface area contributed by atoms with Crippen molar-refractivity contribution in [2.75, 3.05) is 18.5 Å². The Balaban J connectivity index is 1.50. The molecule has 0 bridgehead atoms. The van der Waals surface area contributed by atoms with Gasteiger partial charge in [-0.05, 0) is 35.6 Å². The minimum absolute atomic E-state index is 0.152. The van der Waals surface area contributed by atoms with Crippen LogP contribution >= 0.6 is 0 Å². The van der Waals surface area contributed by atoms with Gasteiger partial charge in [0.2, 0.25) is 11.8 Å². The normalized spacial score (nSPS) is 13.0. The molecule has 0 aromatic heterocycles. The molecule has 1 heterocycles. The quantitative estimate of drug-likeness (QED) is 0.395. The number of hydrogen-bond acceptors (Lipinski definition) is 3. The lowest BCUT2D eigenvalue weighted by molar-refractivity contribution is -0.140. The number of benzene rings is 4. The van der Waals surface area contributed by atoms with Crippen LogP contribution in [0.4, 0.5) is 5.69 Å². The van der Waals surface area contributed by atoms with Gasteiger partial charge >= 0.3 is 0 Å². The van der Waals surface area contributed by atoms with Crippen LogP contribution < -0.4 is 10.2 Å². The number of rotatable bonds is 8. The molecule has 4 aromatic rings. The van der Waals surface area contributed by atoms with Crippen molar-refractivity contribution < 1.29 is 14.4 Å². The monoisotopic (exact) mass is 491 g/mol. The van der Waals surface area contributed by atoms with E-state index in [-0.39, 0.29) is 30.8 Å². The molecular formula is C31H29N3O3. The van der Waals surface area contributed by atoms with E-state index < -0.39 is 6.04 Å². The van der Waals surface area contributed by atoms with Crippen molar-refractivity contribution in [3.63, 3.8) is 0 Å². The van der Waals surface area contributed by atoms with Gasteiger partial charge < -0.3 is 10.2 Å². The summed E-state index contributed by atoms with van der Waals surface area (Å²) in [4.78, 5) is 43.7. The molecule has 6 nitrogen and oxygen atoms in total. The molecule has 37 heavy (non-hydrogen) atoms. The molecule has 0 aliphatic carbocycles. The molecule has 5 rings (SSSR count). The van der Waals surface area contributed by atoms with Gasteiger partial charge in [-0.15, -0.1) is 0 Å². The van der Waals surface area contributed by atoms with Crippen molar-refractivity contribution in [2.45, 2.75) is 25.9 Å². The molecule has 0 saturated heterocycles. The lowest BCUT2D eigenvalue weighted by Crippen LogP contribution is -2.52. The van der Waals surface area contributed by atoms with Gasteiger partial charge in [-0.25, -0.2) is 0 Å². The first-order valence-corrected chi connectivity index (χ1v) is 12.4. The summed E-state index contributed by atoms with van der Waals surface area (Å²) >= 11 is 0. The number of aryl methyl sites for hydroxylation is 1. The number of amides is 3. The van der Waals surface area contributed by atoms with Gasteiger partial charge in [-0.1, -0.05) is 84.4 Å². The molecule has 0 saturated carbocycles. The zero-order valence-corrected chi connectivity index (χ0v) is 21.0. The summed E-state index contributed by atoms with van der Waals surface area (Å²) in [5.74, 6) is -0.734. The Kier molecular flexibility index (Phi) is 6.73. The van der Waals surface area contributed by atoms with Crippen LogP contribution in [0.15, 0.2) is 91.0 Å². The lowest BCUT2D eigenvalue weighted by Gasteiger charge is -2.32. The summed E-state index contributed by atoms with van der Waals surface area (Å²) in [7, 11) is 1.58. The molecule has 6 heteroatoms. The predicted octanol–water partition coefficient (Wildman–Crippen LogP) is 4.49. The van der Waals surface area contributed by atoms with Crippen LogP contribution in [0.2, 0.25) is 0 Å². The summed E-state index contributed by atoms with van der Waals surface area (Å²) in [5.41, 5.74) is 4.27. The molecule has 1 N–H and O–H groups in total. The van der Waals surface area contributed by atoms with E-state index in [1.54, 1.807) is 18.0 Å². The molecule has 0 spiro atoms. The number of nitrogens with zero attached hydrogens (tertiary/aromatic N) is 2. The minimum atomic E-state index is -0.740. The maximum atomic E-state index is 14.0. The van der Waals surface area contributed by atoms with E-state index in [4.69, 9.17) is 0 Å². The van der Waals surface area contributed by atoms with Crippen LogP contribution in [-0.4, -0.2) is 42.3 Å². The fourth-order valence-corrected chi connectivity index (χ4v) is 5.09. The summed E-state index contributed by atoms with van der Waals surface area (Å²) in [6.07, 6.45) is 0.363. The van der Waals surface area contributed by atoms with Gasteiger partial charge in [0.05, 0.1) is 5.69 Å². The first-order chi connectivity index (χ1) is 18.0. The molecule has 0 radical (unpaired) electrons.